The minimum absolute atomic E-state index is 0.226. The summed E-state index contributed by atoms with van der Waals surface area (Å²) in [5.74, 6) is 2.89. The highest BCUT2D eigenvalue weighted by atomic mass is 19.1. The van der Waals surface area contributed by atoms with Gasteiger partial charge in [0.15, 0.2) is 5.78 Å². The van der Waals surface area contributed by atoms with Gasteiger partial charge in [-0.15, -0.1) is 0 Å². The molecule has 1 aromatic carbocycles. The molecular formula is C26H33FO. The first-order valence-corrected chi connectivity index (χ1v) is 11.4. The van der Waals surface area contributed by atoms with Crippen molar-refractivity contribution in [2.75, 3.05) is 0 Å². The summed E-state index contributed by atoms with van der Waals surface area (Å²) in [7, 11) is 0. The molecule has 28 heavy (non-hydrogen) atoms. The number of Topliss-reactive ketones (excluding diaryl/α,β-unsaturated/α-hetero) is 1. The van der Waals surface area contributed by atoms with Crippen molar-refractivity contribution in [2.45, 2.75) is 71.6 Å². The lowest BCUT2D eigenvalue weighted by Gasteiger charge is -2.59. The average Bonchev–Trinajstić information content (AvgIpc) is 2.94. The monoisotopic (exact) mass is 380 g/mol. The van der Waals surface area contributed by atoms with Crippen LogP contribution in [0.1, 0.15) is 77.2 Å². The van der Waals surface area contributed by atoms with Crippen molar-refractivity contribution < 1.29 is 9.18 Å². The predicted molar refractivity (Wildman–Crippen MR) is 111 cm³/mol. The Morgan fingerprint density at radius 2 is 1.82 bits per heavy atom. The van der Waals surface area contributed by atoms with Crippen LogP contribution in [0.2, 0.25) is 0 Å². The molecule has 1 nitrogen and oxygen atoms in total. The molecule has 4 aliphatic carbocycles. The van der Waals surface area contributed by atoms with Gasteiger partial charge in [0, 0.05) is 11.0 Å². The fourth-order valence-corrected chi connectivity index (χ4v) is 7.87. The molecule has 2 heteroatoms. The van der Waals surface area contributed by atoms with Gasteiger partial charge in [0.1, 0.15) is 5.82 Å². The Balaban J connectivity index is 1.48. The van der Waals surface area contributed by atoms with Crippen LogP contribution in [0.25, 0.3) is 6.08 Å². The van der Waals surface area contributed by atoms with Crippen molar-refractivity contribution >= 4 is 11.9 Å². The molecular weight excluding hydrogens is 347 g/mol. The number of allylic oxidation sites excluding steroid dienone is 1. The molecule has 4 fully saturated rings. The molecule has 0 radical (unpaired) electrons. The Labute approximate surface area is 168 Å². The van der Waals surface area contributed by atoms with E-state index in [2.05, 4.69) is 13.8 Å². The summed E-state index contributed by atoms with van der Waals surface area (Å²) in [6.07, 6.45) is 13.2. The van der Waals surface area contributed by atoms with Crippen LogP contribution in [-0.4, -0.2) is 5.78 Å². The largest absolute Gasteiger partial charge is 0.294 e. The number of halogens is 1. The zero-order valence-corrected chi connectivity index (χ0v) is 17.3. The summed E-state index contributed by atoms with van der Waals surface area (Å²) >= 11 is 0. The molecule has 0 aromatic heterocycles. The van der Waals surface area contributed by atoms with Crippen LogP contribution in [0.3, 0.4) is 0 Å². The standard InChI is InChI=1S/C26H33FO/c1-25-13-6-5-8-19(25)10-11-20-21(25)12-14-26(2)22(20)16-18(24(26)28)15-17-7-3-4-9-23(17)27/h3-4,7,9,15,19-22H,5-6,8,10-14,16H2,1-2H3/b18-15+. The van der Waals surface area contributed by atoms with Gasteiger partial charge in [-0.25, -0.2) is 4.39 Å². The molecule has 0 heterocycles. The van der Waals surface area contributed by atoms with Gasteiger partial charge >= 0.3 is 0 Å². The van der Waals surface area contributed by atoms with E-state index in [4.69, 9.17) is 0 Å². The first-order valence-electron chi connectivity index (χ1n) is 11.4. The van der Waals surface area contributed by atoms with Gasteiger partial charge < -0.3 is 0 Å². The normalized spacial score (nSPS) is 44.1. The Bertz CT molecular complexity index is 825. The minimum Gasteiger partial charge on any atom is -0.294 e. The van der Waals surface area contributed by atoms with Crippen LogP contribution in [0.4, 0.5) is 4.39 Å². The molecule has 4 aliphatic rings. The molecule has 0 saturated heterocycles. The van der Waals surface area contributed by atoms with Crippen molar-refractivity contribution in [2.24, 2.45) is 34.5 Å². The Kier molecular flexibility index (Phi) is 4.34. The lowest BCUT2D eigenvalue weighted by atomic mass is 9.45. The third-order valence-corrected chi connectivity index (χ3v) is 9.46. The topological polar surface area (TPSA) is 17.1 Å². The second kappa shape index (κ2) is 6.54. The average molecular weight is 381 g/mol. The molecule has 0 bridgehead atoms. The summed E-state index contributed by atoms with van der Waals surface area (Å²) in [6.45, 7) is 4.79. The first-order chi connectivity index (χ1) is 13.4. The maximum Gasteiger partial charge on any atom is 0.165 e. The summed E-state index contributed by atoms with van der Waals surface area (Å²) in [5.41, 5.74) is 1.70. The van der Waals surface area contributed by atoms with Crippen molar-refractivity contribution in [3.8, 4) is 0 Å². The van der Waals surface area contributed by atoms with Crippen LogP contribution < -0.4 is 0 Å². The highest BCUT2D eigenvalue weighted by Gasteiger charge is 2.60. The summed E-state index contributed by atoms with van der Waals surface area (Å²) in [5, 5.41) is 0. The van der Waals surface area contributed by atoms with Crippen molar-refractivity contribution in [3.63, 3.8) is 0 Å². The molecule has 5 rings (SSSR count). The summed E-state index contributed by atoms with van der Waals surface area (Å²) in [4.78, 5) is 13.4. The highest BCUT2D eigenvalue weighted by molar-refractivity contribution is 6.05. The fraction of sp³-hybridized carbons (Fsp3) is 0.654. The highest BCUT2D eigenvalue weighted by Crippen LogP contribution is 2.66. The van der Waals surface area contributed by atoms with Gasteiger partial charge in [0.25, 0.3) is 0 Å². The van der Waals surface area contributed by atoms with Gasteiger partial charge in [-0.2, -0.15) is 0 Å². The number of benzene rings is 1. The molecule has 0 amide bonds. The lowest BCUT2D eigenvalue weighted by molar-refractivity contribution is -0.137. The molecule has 0 aliphatic heterocycles. The van der Waals surface area contributed by atoms with E-state index in [1.807, 2.05) is 12.1 Å². The van der Waals surface area contributed by atoms with E-state index >= 15 is 0 Å². The van der Waals surface area contributed by atoms with Gasteiger partial charge in [0.05, 0.1) is 0 Å². The number of rotatable bonds is 1. The van der Waals surface area contributed by atoms with Gasteiger partial charge in [0.2, 0.25) is 0 Å². The van der Waals surface area contributed by atoms with E-state index in [1.165, 1.54) is 51.0 Å². The maximum atomic E-state index is 14.2. The fourth-order valence-electron chi connectivity index (χ4n) is 7.87. The first kappa shape index (κ1) is 18.6. The van der Waals surface area contributed by atoms with E-state index in [0.717, 1.165) is 30.3 Å². The van der Waals surface area contributed by atoms with Crippen molar-refractivity contribution in [3.05, 3.63) is 41.2 Å². The second-order valence-electron chi connectivity index (χ2n) is 10.6. The van der Waals surface area contributed by atoms with Gasteiger partial charge in [-0.05, 0) is 91.7 Å². The molecule has 4 saturated carbocycles. The van der Waals surface area contributed by atoms with Crippen LogP contribution in [-0.2, 0) is 4.79 Å². The third kappa shape index (κ3) is 2.59. The number of fused-ring (bicyclic) bond motifs is 5. The minimum atomic E-state index is -0.226. The van der Waals surface area contributed by atoms with Crippen molar-refractivity contribution in [1.82, 2.24) is 0 Å². The number of hydrogen-bond donors (Lipinski definition) is 0. The number of hydrogen-bond acceptors (Lipinski definition) is 1. The quantitative estimate of drug-likeness (QED) is 0.488. The van der Waals surface area contributed by atoms with E-state index in [9.17, 15) is 9.18 Å². The Morgan fingerprint density at radius 3 is 2.64 bits per heavy atom. The zero-order valence-electron chi connectivity index (χ0n) is 17.3. The van der Waals surface area contributed by atoms with Crippen molar-refractivity contribution in [1.29, 1.82) is 0 Å². The van der Waals surface area contributed by atoms with E-state index in [0.29, 0.717) is 28.6 Å². The van der Waals surface area contributed by atoms with E-state index in [1.54, 1.807) is 12.1 Å². The van der Waals surface area contributed by atoms with E-state index < -0.39 is 0 Å². The summed E-state index contributed by atoms with van der Waals surface area (Å²) < 4.78 is 14.2. The van der Waals surface area contributed by atoms with Gasteiger partial charge in [-0.3, -0.25) is 4.79 Å². The molecule has 0 N–H and O–H groups in total. The van der Waals surface area contributed by atoms with Crippen LogP contribution in [0, 0.1) is 40.3 Å². The zero-order chi connectivity index (χ0) is 19.5. The van der Waals surface area contributed by atoms with Gasteiger partial charge in [-0.1, -0.05) is 44.9 Å². The number of carbonyl (C=O) groups excluding carboxylic acids is 1. The molecule has 1 aromatic rings. The predicted octanol–water partition coefficient (Wildman–Crippen LogP) is 6.82. The van der Waals surface area contributed by atoms with Crippen LogP contribution in [0.5, 0.6) is 0 Å². The second-order valence-corrected chi connectivity index (χ2v) is 10.6. The number of ketones is 1. The van der Waals surface area contributed by atoms with E-state index in [-0.39, 0.29) is 11.2 Å². The SMILES string of the molecule is CC12CCC3C(CCC4CCCCC43C)C1C/C(=C\c1ccccc1F)C2=O. The summed E-state index contributed by atoms with van der Waals surface area (Å²) in [6, 6.07) is 6.84. The Hall–Kier alpha value is -1.44. The Morgan fingerprint density at radius 1 is 1.00 bits per heavy atom. The molecule has 150 valence electrons. The number of carbonyl (C=O) groups is 1. The smallest absolute Gasteiger partial charge is 0.165 e. The third-order valence-electron chi connectivity index (χ3n) is 9.46. The maximum absolute atomic E-state index is 14.2. The molecule has 0 spiro atoms. The van der Waals surface area contributed by atoms with Crippen LogP contribution >= 0.6 is 0 Å². The molecule has 6 atom stereocenters. The lowest BCUT2D eigenvalue weighted by Crippen LogP contribution is -2.52. The molecule has 6 unspecified atom stereocenters. The van der Waals surface area contributed by atoms with Crippen LogP contribution in [0.15, 0.2) is 29.8 Å².